The molecule has 0 aliphatic carbocycles. The summed E-state index contributed by atoms with van der Waals surface area (Å²) in [6.07, 6.45) is 3.92. The standard InChI is InChI=1S/C16H20N4O2/c21-16(8-14-12-22-7-6-17-14)19-15-9-18-20(11-15)10-13-4-2-1-3-5-13/h1-5,9,11,14,17H,6-8,10,12H2,(H,19,21). The first-order valence-electron chi connectivity index (χ1n) is 7.47. The minimum atomic E-state index is -0.0257. The Bertz CT molecular complexity index is 606. The zero-order valence-corrected chi connectivity index (χ0v) is 12.4. The lowest BCUT2D eigenvalue weighted by molar-refractivity contribution is -0.117. The first-order valence-corrected chi connectivity index (χ1v) is 7.47. The summed E-state index contributed by atoms with van der Waals surface area (Å²) < 4.78 is 7.16. The summed E-state index contributed by atoms with van der Waals surface area (Å²) in [6, 6.07) is 10.2. The minimum Gasteiger partial charge on any atom is -0.378 e. The lowest BCUT2D eigenvalue weighted by Crippen LogP contribution is -2.43. The van der Waals surface area contributed by atoms with Crippen molar-refractivity contribution in [2.24, 2.45) is 0 Å². The number of nitrogens with one attached hydrogen (secondary N) is 2. The van der Waals surface area contributed by atoms with Gasteiger partial charge in [-0.15, -0.1) is 0 Å². The van der Waals surface area contributed by atoms with E-state index in [1.165, 1.54) is 5.56 Å². The third kappa shape index (κ3) is 4.16. The summed E-state index contributed by atoms with van der Waals surface area (Å²) in [4.78, 5) is 12.0. The van der Waals surface area contributed by atoms with Crippen LogP contribution in [0.5, 0.6) is 0 Å². The largest absolute Gasteiger partial charge is 0.378 e. The number of morpholine rings is 1. The van der Waals surface area contributed by atoms with Crippen LogP contribution in [0.3, 0.4) is 0 Å². The molecule has 1 unspecified atom stereocenters. The van der Waals surface area contributed by atoms with Crippen molar-refractivity contribution < 1.29 is 9.53 Å². The smallest absolute Gasteiger partial charge is 0.226 e. The monoisotopic (exact) mass is 300 g/mol. The van der Waals surface area contributed by atoms with Crippen LogP contribution in [0.1, 0.15) is 12.0 Å². The maximum atomic E-state index is 12.0. The number of nitrogens with zero attached hydrogens (tertiary/aromatic N) is 2. The van der Waals surface area contributed by atoms with Gasteiger partial charge < -0.3 is 15.4 Å². The molecule has 1 aliphatic heterocycles. The summed E-state index contributed by atoms with van der Waals surface area (Å²) in [6.45, 7) is 2.78. The minimum absolute atomic E-state index is 0.0257. The fraction of sp³-hybridized carbons (Fsp3) is 0.375. The van der Waals surface area contributed by atoms with Crippen molar-refractivity contribution in [2.75, 3.05) is 25.1 Å². The number of benzene rings is 1. The van der Waals surface area contributed by atoms with E-state index < -0.39 is 0 Å². The van der Waals surface area contributed by atoms with Gasteiger partial charge in [-0.1, -0.05) is 30.3 Å². The number of anilines is 1. The van der Waals surface area contributed by atoms with Crippen LogP contribution in [0.15, 0.2) is 42.7 Å². The van der Waals surface area contributed by atoms with Crippen LogP contribution < -0.4 is 10.6 Å². The number of carbonyl (C=O) groups excluding carboxylic acids is 1. The van der Waals surface area contributed by atoms with Crippen molar-refractivity contribution in [2.45, 2.75) is 19.0 Å². The Hall–Kier alpha value is -2.18. The maximum Gasteiger partial charge on any atom is 0.226 e. The number of aromatic nitrogens is 2. The van der Waals surface area contributed by atoms with Crippen molar-refractivity contribution in [3.8, 4) is 0 Å². The average molecular weight is 300 g/mol. The van der Waals surface area contributed by atoms with Crippen molar-refractivity contribution >= 4 is 11.6 Å². The Morgan fingerprint density at radius 1 is 1.41 bits per heavy atom. The summed E-state index contributed by atoms with van der Waals surface area (Å²) in [5.41, 5.74) is 1.89. The zero-order valence-electron chi connectivity index (χ0n) is 12.4. The second-order valence-corrected chi connectivity index (χ2v) is 5.39. The third-order valence-corrected chi connectivity index (χ3v) is 3.53. The van der Waals surface area contributed by atoms with Gasteiger partial charge in [-0.05, 0) is 5.56 Å². The van der Waals surface area contributed by atoms with E-state index in [0.29, 0.717) is 26.2 Å². The Morgan fingerprint density at radius 3 is 3.05 bits per heavy atom. The van der Waals surface area contributed by atoms with Crippen LogP contribution in [-0.4, -0.2) is 41.5 Å². The molecule has 1 aliphatic rings. The zero-order chi connectivity index (χ0) is 15.2. The fourth-order valence-corrected chi connectivity index (χ4v) is 2.47. The van der Waals surface area contributed by atoms with E-state index in [9.17, 15) is 4.79 Å². The van der Waals surface area contributed by atoms with Gasteiger partial charge in [0, 0.05) is 25.2 Å². The van der Waals surface area contributed by atoms with E-state index in [1.54, 1.807) is 6.20 Å². The molecular formula is C16H20N4O2. The van der Waals surface area contributed by atoms with E-state index in [2.05, 4.69) is 27.9 Å². The van der Waals surface area contributed by atoms with E-state index in [-0.39, 0.29) is 11.9 Å². The second-order valence-electron chi connectivity index (χ2n) is 5.39. The highest BCUT2D eigenvalue weighted by Crippen LogP contribution is 2.09. The molecule has 1 aromatic carbocycles. The number of ether oxygens (including phenoxy) is 1. The molecule has 2 aromatic rings. The SMILES string of the molecule is O=C(CC1COCCN1)Nc1cnn(Cc2ccccc2)c1. The molecule has 116 valence electrons. The number of hydrogen-bond donors (Lipinski definition) is 2. The average Bonchev–Trinajstić information content (AvgIpc) is 2.96. The number of amides is 1. The molecule has 0 saturated carbocycles. The van der Waals surface area contributed by atoms with Crippen molar-refractivity contribution in [3.05, 3.63) is 48.3 Å². The Labute approximate surface area is 129 Å². The van der Waals surface area contributed by atoms with Crippen molar-refractivity contribution in [1.29, 1.82) is 0 Å². The Kier molecular flexibility index (Phi) is 4.82. The molecule has 6 heteroatoms. The molecule has 22 heavy (non-hydrogen) atoms. The van der Waals surface area contributed by atoms with E-state index >= 15 is 0 Å². The summed E-state index contributed by atoms with van der Waals surface area (Å²) in [5, 5.41) is 10.4. The van der Waals surface area contributed by atoms with Crippen LogP contribution in [0.25, 0.3) is 0 Å². The van der Waals surface area contributed by atoms with Crippen LogP contribution in [0, 0.1) is 0 Å². The van der Waals surface area contributed by atoms with Gasteiger partial charge in [-0.2, -0.15) is 5.10 Å². The highest BCUT2D eigenvalue weighted by atomic mass is 16.5. The lowest BCUT2D eigenvalue weighted by Gasteiger charge is -2.23. The van der Waals surface area contributed by atoms with Gasteiger partial charge in [0.2, 0.25) is 5.91 Å². The first-order chi connectivity index (χ1) is 10.8. The van der Waals surface area contributed by atoms with E-state index in [1.807, 2.05) is 29.1 Å². The van der Waals surface area contributed by atoms with Crippen LogP contribution in [0.4, 0.5) is 5.69 Å². The molecule has 1 aromatic heterocycles. The molecule has 1 saturated heterocycles. The highest BCUT2D eigenvalue weighted by Gasteiger charge is 2.17. The van der Waals surface area contributed by atoms with Crippen LogP contribution in [-0.2, 0) is 16.1 Å². The van der Waals surface area contributed by atoms with Gasteiger partial charge in [0.25, 0.3) is 0 Å². The van der Waals surface area contributed by atoms with Crippen LogP contribution in [0.2, 0.25) is 0 Å². The predicted molar refractivity (Wildman–Crippen MR) is 83.6 cm³/mol. The number of hydrogen-bond acceptors (Lipinski definition) is 4. The highest BCUT2D eigenvalue weighted by molar-refractivity contribution is 5.90. The molecular weight excluding hydrogens is 280 g/mol. The molecule has 2 heterocycles. The molecule has 1 atom stereocenters. The van der Waals surface area contributed by atoms with Crippen molar-refractivity contribution in [3.63, 3.8) is 0 Å². The van der Waals surface area contributed by atoms with Gasteiger partial charge in [-0.25, -0.2) is 0 Å². The number of rotatable bonds is 5. The topological polar surface area (TPSA) is 68.2 Å². The fourth-order valence-electron chi connectivity index (χ4n) is 2.47. The quantitative estimate of drug-likeness (QED) is 0.872. The molecule has 2 N–H and O–H groups in total. The Balaban J connectivity index is 1.51. The second kappa shape index (κ2) is 7.20. The maximum absolute atomic E-state index is 12.0. The summed E-state index contributed by atoms with van der Waals surface area (Å²) in [5.74, 6) is -0.0257. The van der Waals surface area contributed by atoms with Gasteiger partial charge >= 0.3 is 0 Å². The molecule has 6 nitrogen and oxygen atoms in total. The number of carbonyl (C=O) groups is 1. The normalized spacial score (nSPS) is 18.1. The van der Waals surface area contributed by atoms with Gasteiger partial charge in [0.15, 0.2) is 0 Å². The molecule has 0 bridgehead atoms. The third-order valence-electron chi connectivity index (χ3n) is 3.53. The van der Waals surface area contributed by atoms with Crippen LogP contribution >= 0.6 is 0 Å². The Morgan fingerprint density at radius 2 is 2.27 bits per heavy atom. The first kappa shape index (κ1) is 14.7. The molecule has 0 spiro atoms. The van der Waals surface area contributed by atoms with Gasteiger partial charge in [0.1, 0.15) is 0 Å². The van der Waals surface area contributed by atoms with Gasteiger partial charge in [0.05, 0.1) is 31.6 Å². The molecule has 3 rings (SSSR count). The summed E-state index contributed by atoms with van der Waals surface area (Å²) in [7, 11) is 0. The molecule has 1 amide bonds. The predicted octanol–water partition coefficient (Wildman–Crippen LogP) is 1.25. The van der Waals surface area contributed by atoms with Gasteiger partial charge in [-0.3, -0.25) is 9.48 Å². The van der Waals surface area contributed by atoms with Crippen molar-refractivity contribution in [1.82, 2.24) is 15.1 Å². The van der Waals surface area contributed by atoms with E-state index in [4.69, 9.17) is 4.74 Å². The lowest BCUT2D eigenvalue weighted by atomic mass is 10.2. The van der Waals surface area contributed by atoms with E-state index in [0.717, 1.165) is 12.2 Å². The molecule has 1 fully saturated rings. The summed E-state index contributed by atoms with van der Waals surface area (Å²) >= 11 is 0. The molecule has 0 radical (unpaired) electrons.